The Morgan fingerprint density at radius 3 is 1.78 bits per heavy atom. The lowest BCUT2D eigenvalue weighted by atomic mass is 10.0. The van der Waals surface area contributed by atoms with Crippen LogP contribution in [0.15, 0.2) is 37.4 Å². The second-order valence-corrected chi connectivity index (χ2v) is 3.50. The molecule has 0 unspecified atom stereocenters. The smallest absolute Gasteiger partial charge is 0.0181 e. The molecule has 0 aromatic heterocycles. The van der Waals surface area contributed by atoms with Crippen LogP contribution in [0.1, 0.15) is 38.8 Å². The van der Waals surface area contributed by atoms with Crippen molar-refractivity contribution in [1.82, 2.24) is 0 Å². The molecule has 0 radical (unpaired) electrons. The molecule has 0 N–H and O–H groups in total. The molecule has 0 aliphatic heterocycles. The van der Waals surface area contributed by atoms with Gasteiger partial charge in [0.15, 0.2) is 0 Å². The Hall–Kier alpha value is -1.82. The summed E-state index contributed by atoms with van der Waals surface area (Å²) in [5.41, 5.74) is 2.25. The summed E-state index contributed by atoms with van der Waals surface area (Å²) in [6.07, 6.45) is 12.0. The summed E-state index contributed by atoms with van der Waals surface area (Å²) in [6.45, 7) is 15.7. The molecule has 0 saturated carbocycles. The van der Waals surface area contributed by atoms with E-state index in [4.69, 9.17) is 0 Å². The van der Waals surface area contributed by atoms with Gasteiger partial charge < -0.3 is 0 Å². The van der Waals surface area contributed by atoms with E-state index in [1.807, 2.05) is 52.0 Å². The second kappa shape index (κ2) is 9.23. The van der Waals surface area contributed by atoms with Gasteiger partial charge in [0.05, 0.1) is 0 Å². The van der Waals surface area contributed by atoms with E-state index in [0.717, 1.165) is 11.1 Å². The van der Waals surface area contributed by atoms with Crippen LogP contribution in [0.3, 0.4) is 0 Å². The van der Waals surface area contributed by atoms with Gasteiger partial charge in [-0.1, -0.05) is 63.5 Å². The van der Waals surface area contributed by atoms with Crippen molar-refractivity contribution in [2.45, 2.75) is 27.7 Å². The fourth-order valence-electron chi connectivity index (χ4n) is 1.62. The summed E-state index contributed by atoms with van der Waals surface area (Å²) in [4.78, 5) is 0. The first-order chi connectivity index (χ1) is 8.76. The summed E-state index contributed by atoms with van der Waals surface area (Å²) in [6, 6.07) is 4.28. The molecule has 96 valence electrons. The average molecular weight is 240 g/mol. The molecule has 0 saturated heterocycles. The van der Waals surface area contributed by atoms with Crippen molar-refractivity contribution in [1.29, 1.82) is 0 Å². The van der Waals surface area contributed by atoms with Gasteiger partial charge in [-0.2, -0.15) is 0 Å². The van der Waals surface area contributed by atoms with Crippen LogP contribution in [-0.4, -0.2) is 0 Å². The summed E-state index contributed by atoms with van der Waals surface area (Å²) in [7, 11) is 0. The Bertz CT molecular complexity index is 528. The van der Waals surface area contributed by atoms with Gasteiger partial charge in [0.2, 0.25) is 0 Å². The summed E-state index contributed by atoms with van der Waals surface area (Å²) >= 11 is 0. The predicted octanol–water partition coefficient (Wildman–Crippen LogP) is 4.16. The van der Waals surface area contributed by atoms with E-state index in [0.29, 0.717) is 0 Å². The summed E-state index contributed by atoms with van der Waals surface area (Å²) < 4.78 is 0. The fraction of sp³-hybridized carbons (Fsp3) is 0.222. The molecule has 0 bridgehead atoms. The normalized spacial score (nSPS) is 12.2. The van der Waals surface area contributed by atoms with Crippen molar-refractivity contribution in [3.8, 4) is 0 Å². The zero-order chi connectivity index (χ0) is 14.0. The molecule has 0 fully saturated rings. The van der Waals surface area contributed by atoms with Crippen molar-refractivity contribution < 1.29 is 0 Å². The molecule has 18 heavy (non-hydrogen) atoms. The van der Waals surface area contributed by atoms with Crippen LogP contribution in [0.4, 0.5) is 0 Å². The highest BCUT2D eigenvalue weighted by atomic mass is 14.0. The van der Waals surface area contributed by atoms with E-state index < -0.39 is 0 Å². The van der Waals surface area contributed by atoms with Crippen LogP contribution in [0.2, 0.25) is 0 Å². The first-order valence-electron chi connectivity index (χ1n) is 6.45. The minimum atomic E-state index is 1.12. The van der Waals surface area contributed by atoms with E-state index in [2.05, 4.69) is 37.4 Å². The van der Waals surface area contributed by atoms with Crippen LogP contribution < -0.4 is 10.4 Å². The zero-order valence-corrected chi connectivity index (χ0v) is 12.0. The van der Waals surface area contributed by atoms with Gasteiger partial charge in [-0.05, 0) is 47.5 Å². The Balaban J connectivity index is 0.00000137. The minimum Gasteiger partial charge on any atom is -0.0984 e. The third-order valence-corrected chi connectivity index (χ3v) is 2.51. The highest BCUT2D eigenvalue weighted by Gasteiger charge is 1.95. The lowest BCUT2D eigenvalue weighted by Crippen LogP contribution is -2.24. The largest absolute Gasteiger partial charge is 0.0984 e. The van der Waals surface area contributed by atoms with Crippen molar-refractivity contribution in [3.63, 3.8) is 0 Å². The van der Waals surface area contributed by atoms with Gasteiger partial charge in [-0.3, -0.25) is 0 Å². The number of allylic oxidation sites excluding steroid dienone is 2. The highest BCUT2D eigenvalue weighted by Crippen LogP contribution is 2.06. The first kappa shape index (κ1) is 16.2. The molecule has 0 aliphatic carbocycles. The Labute approximate surface area is 111 Å². The minimum absolute atomic E-state index is 1.12. The third kappa shape index (κ3) is 4.21. The Morgan fingerprint density at radius 1 is 0.889 bits per heavy atom. The average Bonchev–Trinajstić information content (AvgIpc) is 2.46. The SMILES string of the molecule is C=Cc1cc(=C/C)/c(=C\C=C/C)cc1C=C.CC. The zero-order valence-electron chi connectivity index (χ0n) is 12.0. The molecule has 1 aromatic carbocycles. The van der Waals surface area contributed by atoms with Crippen molar-refractivity contribution >= 4 is 24.3 Å². The lowest BCUT2D eigenvalue weighted by Gasteiger charge is -2.01. The number of benzene rings is 1. The van der Waals surface area contributed by atoms with Gasteiger partial charge in [0.25, 0.3) is 0 Å². The van der Waals surface area contributed by atoms with Gasteiger partial charge in [-0.25, -0.2) is 0 Å². The number of hydrogen-bond donors (Lipinski definition) is 0. The summed E-state index contributed by atoms with van der Waals surface area (Å²) in [5, 5.41) is 2.43. The molecule has 1 rings (SSSR count). The monoisotopic (exact) mass is 240 g/mol. The van der Waals surface area contributed by atoms with Gasteiger partial charge >= 0.3 is 0 Å². The molecule has 0 spiro atoms. The van der Waals surface area contributed by atoms with E-state index in [1.54, 1.807) is 0 Å². The molecule has 1 aromatic rings. The fourth-order valence-corrected chi connectivity index (χ4v) is 1.62. The second-order valence-electron chi connectivity index (χ2n) is 3.50. The molecular formula is C18H24. The molecule has 0 heteroatoms. The first-order valence-corrected chi connectivity index (χ1v) is 6.45. The van der Waals surface area contributed by atoms with Crippen LogP contribution in [0, 0.1) is 0 Å². The van der Waals surface area contributed by atoms with E-state index in [9.17, 15) is 0 Å². The van der Waals surface area contributed by atoms with Crippen LogP contribution in [0.25, 0.3) is 24.3 Å². The number of rotatable bonds is 3. The Kier molecular flexibility index (Phi) is 8.30. The molecule has 0 aliphatic rings. The molecule has 0 atom stereocenters. The van der Waals surface area contributed by atoms with E-state index in [1.165, 1.54) is 10.4 Å². The van der Waals surface area contributed by atoms with E-state index >= 15 is 0 Å². The van der Waals surface area contributed by atoms with Crippen LogP contribution in [0.5, 0.6) is 0 Å². The molecule has 0 amide bonds. The van der Waals surface area contributed by atoms with Crippen molar-refractivity contribution in [2.75, 3.05) is 0 Å². The maximum absolute atomic E-state index is 3.83. The number of hydrogen-bond acceptors (Lipinski definition) is 0. The molecular weight excluding hydrogens is 216 g/mol. The molecule has 0 nitrogen and oxygen atoms in total. The van der Waals surface area contributed by atoms with E-state index in [-0.39, 0.29) is 0 Å². The maximum atomic E-state index is 3.83. The highest BCUT2D eigenvalue weighted by molar-refractivity contribution is 5.64. The predicted molar refractivity (Wildman–Crippen MR) is 86.6 cm³/mol. The van der Waals surface area contributed by atoms with Crippen molar-refractivity contribution in [3.05, 3.63) is 59.0 Å². The van der Waals surface area contributed by atoms with Gasteiger partial charge in [0, 0.05) is 0 Å². The lowest BCUT2D eigenvalue weighted by molar-refractivity contribution is 1.47. The Morgan fingerprint density at radius 2 is 1.39 bits per heavy atom. The van der Waals surface area contributed by atoms with Gasteiger partial charge in [0.1, 0.15) is 0 Å². The maximum Gasteiger partial charge on any atom is -0.0181 e. The van der Waals surface area contributed by atoms with Crippen molar-refractivity contribution in [2.24, 2.45) is 0 Å². The molecule has 0 heterocycles. The quantitative estimate of drug-likeness (QED) is 0.744. The standard InChI is InChI=1S/C16H18.C2H6/c1-5-9-10-16-12-14(7-3)13(6-2)11-15(16)8-4;1-2/h5-12H,2-3H2,1,4H3;1-2H3/b9-5-,15-8-,16-10-;. The third-order valence-electron chi connectivity index (χ3n) is 2.51. The topological polar surface area (TPSA) is 0 Å². The van der Waals surface area contributed by atoms with Crippen LogP contribution in [-0.2, 0) is 0 Å². The van der Waals surface area contributed by atoms with Gasteiger partial charge in [-0.15, -0.1) is 0 Å². The van der Waals surface area contributed by atoms with Crippen LogP contribution >= 0.6 is 0 Å². The summed E-state index contributed by atoms with van der Waals surface area (Å²) in [5.74, 6) is 0.